The van der Waals surface area contributed by atoms with Gasteiger partial charge in [-0.1, -0.05) is 25.7 Å². The molecular weight excluding hydrogens is 196 g/mol. The Morgan fingerprint density at radius 3 is 2.40 bits per heavy atom. The van der Waals surface area contributed by atoms with Gasteiger partial charge in [0.15, 0.2) is 0 Å². The highest BCUT2D eigenvalue weighted by Gasteiger charge is 2.61. The van der Waals surface area contributed by atoms with Crippen LogP contribution in [0.1, 0.15) is 38.5 Å². The lowest BCUT2D eigenvalue weighted by Gasteiger charge is -2.44. The van der Waals surface area contributed by atoms with Crippen LogP contribution >= 0.6 is 0 Å². The number of rotatable bonds is 1. The van der Waals surface area contributed by atoms with Crippen molar-refractivity contribution in [3.05, 3.63) is 0 Å². The van der Waals surface area contributed by atoms with Crippen molar-refractivity contribution in [3.63, 3.8) is 0 Å². The van der Waals surface area contributed by atoms with Crippen LogP contribution in [0.15, 0.2) is 0 Å². The number of carbonyl (C=O) groups excluding carboxylic acids is 2. The fraction of sp³-hybridized carbons (Fsp3) is 0.818. The lowest BCUT2D eigenvalue weighted by molar-refractivity contribution is -0.218. The molecule has 4 nitrogen and oxygen atoms in total. The molecule has 4 heteroatoms. The third-order valence-corrected chi connectivity index (χ3v) is 3.54. The van der Waals surface area contributed by atoms with Gasteiger partial charge in [-0.3, -0.25) is 4.79 Å². The molecular formula is C11H16O4. The normalized spacial score (nSPS) is 28.9. The van der Waals surface area contributed by atoms with Crippen LogP contribution in [-0.4, -0.2) is 25.2 Å². The van der Waals surface area contributed by atoms with Crippen molar-refractivity contribution in [1.82, 2.24) is 0 Å². The van der Waals surface area contributed by atoms with E-state index < -0.39 is 17.5 Å². The quantitative estimate of drug-likeness (QED) is 0.617. The van der Waals surface area contributed by atoms with Crippen LogP contribution in [-0.2, 0) is 19.1 Å². The van der Waals surface area contributed by atoms with Crippen LogP contribution in [0.25, 0.3) is 0 Å². The molecule has 0 bridgehead atoms. The molecule has 15 heavy (non-hydrogen) atoms. The van der Waals surface area contributed by atoms with Gasteiger partial charge in [0, 0.05) is 0 Å². The number of hydrogen-bond donors (Lipinski definition) is 0. The van der Waals surface area contributed by atoms with Crippen LogP contribution in [0.2, 0.25) is 0 Å². The number of carbonyl (C=O) groups is 2. The molecule has 1 saturated carbocycles. The zero-order chi connectivity index (χ0) is 10.9. The molecule has 1 spiro atoms. The van der Waals surface area contributed by atoms with Crippen molar-refractivity contribution >= 4 is 11.9 Å². The van der Waals surface area contributed by atoms with Crippen molar-refractivity contribution in [2.45, 2.75) is 44.6 Å². The molecule has 1 heterocycles. The smallest absolute Gasteiger partial charge is 0.348 e. The minimum absolute atomic E-state index is 0.209. The summed E-state index contributed by atoms with van der Waals surface area (Å²) in [5.41, 5.74) is -0.552. The van der Waals surface area contributed by atoms with Gasteiger partial charge in [-0.05, 0) is 12.8 Å². The van der Waals surface area contributed by atoms with Gasteiger partial charge in [0.2, 0.25) is 6.10 Å². The molecule has 2 rings (SSSR count). The molecule has 2 aliphatic rings. The molecule has 1 atom stereocenters. The summed E-state index contributed by atoms with van der Waals surface area (Å²) in [5.74, 6) is -0.615. The van der Waals surface area contributed by atoms with Gasteiger partial charge >= 0.3 is 11.9 Å². The summed E-state index contributed by atoms with van der Waals surface area (Å²) in [6.45, 7) is 0. The summed E-state index contributed by atoms with van der Waals surface area (Å²) in [6.07, 6.45) is 5.18. The Bertz CT molecular complexity index is 276. The van der Waals surface area contributed by atoms with Crippen LogP contribution < -0.4 is 0 Å². The molecule has 1 unspecified atom stereocenters. The van der Waals surface area contributed by atoms with Crippen molar-refractivity contribution in [3.8, 4) is 0 Å². The average Bonchev–Trinajstić information content (AvgIpc) is 2.52. The second kappa shape index (κ2) is 3.83. The molecule has 0 amide bonds. The number of esters is 2. The number of ether oxygens (including phenoxy) is 2. The summed E-state index contributed by atoms with van der Waals surface area (Å²) >= 11 is 0. The first kappa shape index (κ1) is 10.5. The number of hydrogen-bond acceptors (Lipinski definition) is 4. The third-order valence-electron chi connectivity index (χ3n) is 3.54. The van der Waals surface area contributed by atoms with E-state index in [0.29, 0.717) is 0 Å². The molecule has 0 aromatic carbocycles. The topological polar surface area (TPSA) is 52.6 Å². The summed E-state index contributed by atoms with van der Waals surface area (Å²) in [4.78, 5) is 23.0. The van der Waals surface area contributed by atoms with Gasteiger partial charge < -0.3 is 9.47 Å². The second-order valence-electron chi connectivity index (χ2n) is 4.38. The van der Waals surface area contributed by atoms with E-state index in [1.807, 2.05) is 0 Å². The van der Waals surface area contributed by atoms with Gasteiger partial charge in [0.1, 0.15) is 5.41 Å². The largest absolute Gasteiger partial charge is 0.466 e. The molecule has 84 valence electrons. The summed E-state index contributed by atoms with van der Waals surface area (Å²) in [5, 5.41) is 0. The average molecular weight is 212 g/mol. The molecule has 0 aromatic heterocycles. The predicted octanol–water partition coefficient (Wildman–Crippen LogP) is 1.43. The Hall–Kier alpha value is -1.06. The fourth-order valence-corrected chi connectivity index (χ4v) is 2.59. The maximum Gasteiger partial charge on any atom is 0.348 e. The minimum Gasteiger partial charge on any atom is -0.466 e. The fourth-order valence-electron chi connectivity index (χ4n) is 2.59. The highest BCUT2D eigenvalue weighted by atomic mass is 16.6. The van der Waals surface area contributed by atoms with E-state index in [1.165, 1.54) is 7.11 Å². The van der Waals surface area contributed by atoms with Gasteiger partial charge in [-0.2, -0.15) is 0 Å². The van der Waals surface area contributed by atoms with Gasteiger partial charge in [0.05, 0.1) is 7.11 Å². The van der Waals surface area contributed by atoms with E-state index in [4.69, 9.17) is 4.74 Å². The Labute approximate surface area is 88.9 Å². The van der Waals surface area contributed by atoms with Gasteiger partial charge in [0.25, 0.3) is 0 Å². The summed E-state index contributed by atoms with van der Waals surface area (Å²) < 4.78 is 9.58. The lowest BCUT2D eigenvalue weighted by Crippen LogP contribution is -2.60. The molecule has 0 radical (unpaired) electrons. The van der Waals surface area contributed by atoms with Crippen LogP contribution in [0, 0.1) is 5.41 Å². The first-order valence-corrected chi connectivity index (χ1v) is 5.49. The van der Waals surface area contributed by atoms with Crippen molar-refractivity contribution in [2.24, 2.45) is 5.41 Å². The zero-order valence-corrected chi connectivity index (χ0v) is 8.95. The third kappa shape index (κ3) is 1.52. The van der Waals surface area contributed by atoms with E-state index in [1.54, 1.807) is 0 Å². The molecule has 0 aromatic rings. The van der Waals surface area contributed by atoms with Crippen LogP contribution in [0.4, 0.5) is 0 Å². The predicted molar refractivity (Wildman–Crippen MR) is 52.0 cm³/mol. The zero-order valence-electron chi connectivity index (χ0n) is 8.95. The highest BCUT2D eigenvalue weighted by molar-refractivity contribution is 5.94. The monoisotopic (exact) mass is 212 g/mol. The van der Waals surface area contributed by atoms with E-state index in [2.05, 4.69) is 4.74 Å². The standard InChI is InChI=1S/C11H16O4/c1-14-9(12)8-11(10(13)15-8)6-4-2-3-5-7-11/h8H,2-7H2,1H3. The van der Waals surface area contributed by atoms with E-state index in [-0.39, 0.29) is 5.97 Å². The van der Waals surface area contributed by atoms with Crippen molar-refractivity contribution in [2.75, 3.05) is 7.11 Å². The SMILES string of the molecule is COC(=O)C1OC(=O)C12CCCCCC2. The Balaban J connectivity index is 2.15. The first-order valence-electron chi connectivity index (χ1n) is 5.49. The van der Waals surface area contributed by atoms with E-state index >= 15 is 0 Å². The Morgan fingerprint density at radius 1 is 1.33 bits per heavy atom. The van der Waals surface area contributed by atoms with Crippen LogP contribution in [0.5, 0.6) is 0 Å². The highest BCUT2D eigenvalue weighted by Crippen LogP contribution is 2.47. The minimum atomic E-state index is -0.645. The maximum absolute atomic E-state index is 11.6. The molecule has 1 aliphatic heterocycles. The van der Waals surface area contributed by atoms with Crippen molar-refractivity contribution < 1.29 is 19.1 Å². The Morgan fingerprint density at radius 2 is 1.93 bits per heavy atom. The van der Waals surface area contributed by atoms with E-state index in [9.17, 15) is 9.59 Å². The molecule has 1 saturated heterocycles. The summed E-state index contributed by atoms with van der Waals surface area (Å²) in [7, 11) is 1.33. The first-order chi connectivity index (χ1) is 7.20. The van der Waals surface area contributed by atoms with E-state index in [0.717, 1.165) is 38.5 Å². The Kier molecular flexibility index (Phi) is 2.67. The lowest BCUT2D eigenvalue weighted by atomic mass is 9.71. The van der Waals surface area contributed by atoms with Gasteiger partial charge in [-0.15, -0.1) is 0 Å². The number of cyclic esters (lactones) is 1. The maximum atomic E-state index is 11.6. The summed E-state index contributed by atoms with van der Waals surface area (Å²) in [6, 6.07) is 0. The van der Waals surface area contributed by atoms with Gasteiger partial charge in [-0.25, -0.2) is 4.79 Å². The second-order valence-corrected chi connectivity index (χ2v) is 4.38. The molecule has 1 aliphatic carbocycles. The molecule has 2 fully saturated rings. The molecule has 0 N–H and O–H groups in total. The van der Waals surface area contributed by atoms with Crippen LogP contribution in [0.3, 0.4) is 0 Å². The van der Waals surface area contributed by atoms with Crippen molar-refractivity contribution in [1.29, 1.82) is 0 Å². The number of methoxy groups -OCH3 is 1.